The summed E-state index contributed by atoms with van der Waals surface area (Å²) in [6.07, 6.45) is 2.45. The predicted molar refractivity (Wildman–Crippen MR) is 67.5 cm³/mol. The minimum absolute atomic E-state index is 0.251. The maximum Gasteiger partial charge on any atom is 0.171 e. The van der Waals surface area contributed by atoms with E-state index in [2.05, 4.69) is 25.9 Å². The van der Waals surface area contributed by atoms with Gasteiger partial charge in [-0.1, -0.05) is 46.3 Å². The molecule has 2 N–H and O–H groups in total. The SMILES string of the molecule is OC(OCc1ncc[nH]1)C(Br)c1ccccc1. The van der Waals surface area contributed by atoms with Crippen molar-refractivity contribution in [3.05, 3.63) is 54.1 Å². The van der Waals surface area contributed by atoms with Gasteiger partial charge in [-0.05, 0) is 5.56 Å². The number of nitrogens with one attached hydrogen (secondary N) is 1. The third-order valence-corrected chi connectivity index (χ3v) is 3.29. The molecule has 2 atom stereocenters. The lowest BCUT2D eigenvalue weighted by Gasteiger charge is -2.17. The standard InChI is InChI=1S/C12H13BrN2O2/c13-11(9-4-2-1-3-5-9)12(16)17-8-10-14-6-7-15-10/h1-7,11-12,16H,8H2,(H,14,15). The van der Waals surface area contributed by atoms with Crippen LogP contribution >= 0.6 is 15.9 Å². The molecule has 0 aliphatic rings. The molecule has 2 aromatic rings. The van der Waals surface area contributed by atoms with Crippen molar-refractivity contribution in [2.45, 2.75) is 17.7 Å². The number of aliphatic hydroxyl groups is 1. The summed E-state index contributed by atoms with van der Waals surface area (Å²) in [5, 5.41) is 9.86. The van der Waals surface area contributed by atoms with Crippen molar-refractivity contribution in [2.24, 2.45) is 0 Å². The van der Waals surface area contributed by atoms with Crippen LogP contribution in [0.4, 0.5) is 0 Å². The lowest BCUT2D eigenvalue weighted by molar-refractivity contribution is -0.108. The topological polar surface area (TPSA) is 58.1 Å². The summed E-state index contributed by atoms with van der Waals surface area (Å²) < 4.78 is 5.32. The molecular weight excluding hydrogens is 284 g/mol. The molecule has 17 heavy (non-hydrogen) atoms. The van der Waals surface area contributed by atoms with Gasteiger partial charge in [-0.3, -0.25) is 0 Å². The lowest BCUT2D eigenvalue weighted by Crippen LogP contribution is -2.18. The molecule has 0 aliphatic heterocycles. The van der Waals surface area contributed by atoms with Crippen LogP contribution in [0.25, 0.3) is 0 Å². The Labute approximate surface area is 108 Å². The quantitative estimate of drug-likeness (QED) is 0.658. The molecule has 90 valence electrons. The fraction of sp³-hybridized carbons (Fsp3) is 0.250. The second-order valence-electron chi connectivity index (χ2n) is 3.55. The number of hydrogen-bond donors (Lipinski definition) is 2. The number of aromatic amines is 1. The van der Waals surface area contributed by atoms with E-state index in [-0.39, 0.29) is 11.4 Å². The lowest BCUT2D eigenvalue weighted by atomic mass is 10.1. The number of ether oxygens (including phenoxy) is 1. The number of benzene rings is 1. The van der Waals surface area contributed by atoms with Gasteiger partial charge in [0, 0.05) is 12.4 Å². The fourth-order valence-corrected chi connectivity index (χ4v) is 1.89. The number of aromatic nitrogens is 2. The summed E-state index contributed by atoms with van der Waals surface area (Å²) in [5.74, 6) is 0.691. The Hall–Kier alpha value is -1.17. The number of hydrogen-bond acceptors (Lipinski definition) is 3. The maximum atomic E-state index is 9.86. The van der Waals surface area contributed by atoms with Crippen molar-refractivity contribution in [3.63, 3.8) is 0 Å². The molecule has 0 saturated carbocycles. The minimum atomic E-state index is -0.914. The van der Waals surface area contributed by atoms with Crippen molar-refractivity contribution in [1.82, 2.24) is 9.97 Å². The smallest absolute Gasteiger partial charge is 0.171 e. The number of aliphatic hydroxyl groups excluding tert-OH is 1. The van der Waals surface area contributed by atoms with Crippen molar-refractivity contribution in [1.29, 1.82) is 0 Å². The highest BCUT2D eigenvalue weighted by Crippen LogP contribution is 2.27. The average Bonchev–Trinajstić information content (AvgIpc) is 2.89. The van der Waals surface area contributed by atoms with E-state index in [1.807, 2.05) is 30.3 Å². The van der Waals surface area contributed by atoms with E-state index >= 15 is 0 Å². The monoisotopic (exact) mass is 296 g/mol. The number of imidazole rings is 1. The molecule has 0 bridgehead atoms. The van der Waals surface area contributed by atoms with Crippen LogP contribution in [0.1, 0.15) is 16.2 Å². The van der Waals surface area contributed by atoms with Gasteiger partial charge in [0.1, 0.15) is 12.4 Å². The zero-order valence-electron chi connectivity index (χ0n) is 9.08. The highest BCUT2D eigenvalue weighted by Gasteiger charge is 2.18. The van der Waals surface area contributed by atoms with Crippen LogP contribution < -0.4 is 0 Å². The third kappa shape index (κ3) is 3.39. The Balaban J connectivity index is 1.89. The van der Waals surface area contributed by atoms with Gasteiger partial charge in [-0.2, -0.15) is 0 Å². The molecule has 0 saturated heterocycles. The van der Waals surface area contributed by atoms with Crippen LogP contribution in [0.5, 0.6) is 0 Å². The fourth-order valence-electron chi connectivity index (χ4n) is 1.43. The molecule has 0 amide bonds. The van der Waals surface area contributed by atoms with Gasteiger partial charge >= 0.3 is 0 Å². The molecule has 2 rings (SSSR count). The Bertz CT molecular complexity index is 433. The highest BCUT2D eigenvalue weighted by molar-refractivity contribution is 9.09. The third-order valence-electron chi connectivity index (χ3n) is 2.31. The molecule has 4 nitrogen and oxygen atoms in total. The van der Waals surface area contributed by atoms with Crippen molar-refractivity contribution < 1.29 is 9.84 Å². The first kappa shape index (κ1) is 12.3. The van der Waals surface area contributed by atoms with E-state index in [1.165, 1.54) is 0 Å². The number of alkyl halides is 1. The molecular formula is C12H13BrN2O2. The zero-order chi connectivity index (χ0) is 12.1. The summed E-state index contributed by atoms with van der Waals surface area (Å²) in [6, 6.07) is 9.63. The molecule has 5 heteroatoms. The number of nitrogens with zero attached hydrogens (tertiary/aromatic N) is 1. The Morgan fingerprint density at radius 3 is 2.76 bits per heavy atom. The number of H-pyrrole nitrogens is 1. The summed E-state index contributed by atoms with van der Waals surface area (Å²) in [6.45, 7) is 0.253. The molecule has 0 aliphatic carbocycles. The summed E-state index contributed by atoms with van der Waals surface area (Å²) >= 11 is 3.41. The van der Waals surface area contributed by atoms with E-state index in [4.69, 9.17) is 4.74 Å². The zero-order valence-corrected chi connectivity index (χ0v) is 10.7. The van der Waals surface area contributed by atoms with E-state index in [0.29, 0.717) is 5.82 Å². The Kier molecular flexibility index (Phi) is 4.30. The van der Waals surface area contributed by atoms with Gasteiger partial charge < -0.3 is 14.8 Å². The van der Waals surface area contributed by atoms with Gasteiger partial charge in [-0.15, -0.1) is 0 Å². The summed E-state index contributed by atoms with van der Waals surface area (Å²) in [5.41, 5.74) is 0.972. The first-order valence-corrected chi connectivity index (χ1v) is 6.16. The molecule has 0 fully saturated rings. The van der Waals surface area contributed by atoms with Crippen LogP contribution in [0.3, 0.4) is 0 Å². The molecule has 2 unspecified atom stereocenters. The van der Waals surface area contributed by atoms with Crippen molar-refractivity contribution >= 4 is 15.9 Å². The largest absolute Gasteiger partial charge is 0.367 e. The average molecular weight is 297 g/mol. The van der Waals surface area contributed by atoms with Crippen LogP contribution in [0.2, 0.25) is 0 Å². The van der Waals surface area contributed by atoms with Gasteiger partial charge in [0.25, 0.3) is 0 Å². The first-order chi connectivity index (χ1) is 8.27. The summed E-state index contributed by atoms with van der Waals surface area (Å²) in [4.78, 5) is 6.67. The van der Waals surface area contributed by atoms with Crippen molar-refractivity contribution in [3.8, 4) is 0 Å². The predicted octanol–water partition coefficient (Wildman–Crippen LogP) is 2.38. The number of halogens is 1. The van der Waals surface area contributed by atoms with E-state index in [1.54, 1.807) is 12.4 Å². The molecule has 1 aromatic carbocycles. The molecule has 1 heterocycles. The van der Waals surface area contributed by atoms with Gasteiger partial charge in [0.2, 0.25) is 0 Å². The molecule has 1 aromatic heterocycles. The van der Waals surface area contributed by atoms with Crippen LogP contribution in [0, 0.1) is 0 Å². The molecule has 0 radical (unpaired) electrons. The van der Waals surface area contributed by atoms with Crippen LogP contribution in [-0.4, -0.2) is 21.4 Å². The Morgan fingerprint density at radius 2 is 2.12 bits per heavy atom. The molecule has 0 spiro atoms. The van der Waals surface area contributed by atoms with E-state index in [9.17, 15) is 5.11 Å². The second kappa shape index (κ2) is 5.95. The first-order valence-electron chi connectivity index (χ1n) is 5.24. The van der Waals surface area contributed by atoms with Gasteiger partial charge in [0.05, 0.1) is 4.83 Å². The van der Waals surface area contributed by atoms with Crippen LogP contribution in [0.15, 0.2) is 42.7 Å². The number of rotatable bonds is 5. The van der Waals surface area contributed by atoms with Gasteiger partial charge in [-0.25, -0.2) is 4.98 Å². The minimum Gasteiger partial charge on any atom is -0.367 e. The van der Waals surface area contributed by atoms with E-state index < -0.39 is 6.29 Å². The Morgan fingerprint density at radius 1 is 1.35 bits per heavy atom. The summed E-state index contributed by atoms with van der Waals surface area (Å²) in [7, 11) is 0. The maximum absolute atomic E-state index is 9.86. The second-order valence-corrected chi connectivity index (χ2v) is 4.54. The van der Waals surface area contributed by atoms with Gasteiger partial charge in [0.15, 0.2) is 6.29 Å². The van der Waals surface area contributed by atoms with E-state index in [0.717, 1.165) is 5.56 Å². The normalized spacial score (nSPS) is 14.5. The van der Waals surface area contributed by atoms with Crippen LogP contribution in [-0.2, 0) is 11.3 Å². The highest BCUT2D eigenvalue weighted by atomic mass is 79.9. The van der Waals surface area contributed by atoms with Crippen molar-refractivity contribution in [2.75, 3.05) is 0 Å².